The molecule has 0 fully saturated rings. The van der Waals surface area contributed by atoms with Gasteiger partial charge in [0.25, 0.3) is 5.91 Å². The number of carbonyl (C=O) groups is 1. The van der Waals surface area contributed by atoms with Crippen LogP contribution in [0.5, 0.6) is 5.75 Å². The van der Waals surface area contributed by atoms with Crippen molar-refractivity contribution >= 4 is 5.91 Å². The van der Waals surface area contributed by atoms with E-state index in [1.807, 2.05) is 37.2 Å². The van der Waals surface area contributed by atoms with Crippen molar-refractivity contribution in [1.82, 2.24) is 10.2 Å². The maximum Gasteiger partial charge on any atom is 0.258 e. The average molecular weight is 316 g/mol. The van der Waals surface area contributed by atoms with Gasteiger partial charge in [0.15, 0.2) is 6.61 Å². The minimum atomic E-state index is -0.272. The summed E-state index contributed by atoms with van der Waals surface area (Å²) in [5.74, 6) is 0.194. The van der Waals surface area contributed by atoms with Gasteiger partial charge in [-0.2, -0.15) is 0 Å². The van der Waals surface area contributed by atoms with Crippen LogP contribution in [0, 0.1) is 5.82 Å². The number of halogens is 1. The molecule has 0 aliphatic carbocycles. The first-order valence-corrected chi connectivity index (χ1v) is 7.42. The Bertz CT molecular complexity index is 615. The van der Waals surface area contributed by atoms with Crippen molar-refractivity contribution in [2.45, 2.75) is 6.04 Å². The summed E-state index contributed by atoms with van der Waals surface area (Å²) in [6.07, 6.45) is 0. The molecule has 5 heteroatoms. The number of ether oxygens (including phenoxy) is 1. The number of likely N-dealkylation sites (N-methyl/N-ethyl adjacent to an activating group) is 1. The minimum Gasteiger partial charge on any atom is -0.484 e. The lowest BCUT2D eigenvalue weighted by Crippen LogP contribution is -2.36. The van der Waals surface area contributed by atoms with Crippen molar-refractivity contribution in [2.75, 3.05) is 27.2 Å². The average Bonchev–Trinajstić information content (AvgIpc) is 2.55. The van der Waals surface area contributed by atoms with Crippen LogP contribution >= 0.6 is 0 Å². The number of para-hydroxylation sites is 1. The van der Waals surface area contributed by atoms with E-state index in [1.54, 1.807) is 24.3 Å². The van der Waals surface area contributed by atoms with Crippen molar-refractivity contribution in [3.63, 3.8) is 0 Å². The highest BCUT2D eigenvalue weighted by Gasteiger charge is 2.15. The zero-order valence-corrected chi connectivity index (χ0v) is 13.3. The third-order valence-electron chi connectivity index (χ3n) is 3.48. The summed E-state index contributed by atoms with van der Waals surface area (Å²) in [7, 11) is 3.83. The third-order valence-corrected chi connectivity index (χ3v) is 3.48. The number of nitrogens with zero attached hydrogens (tertiary/aromatic N) is 1. The van der Waals surface area contributed by atoms with E-state index in [1.165, 1.54) is 12.1 Å². The SMILES string of the molecule is CN(C)[C@H](CNC(=O)COc1ccccc1)c1ccc(F)cc1. The van der Waals surface area contributed by atoms with E-state index in [4.69, 9.17) is 4.74 Å². The van der Waals surface area contributed by atoms with Crippen LogP contribution in [0.15, 0.2) is 54.6 Å². The van der Waals surface area contributed by atoms with Gasteiger partial charge in [-0.3, -0.25) is 4.79 Å². The van der Waals surface area contributed by atoms with E-state index < -0.39 is 0 Å². The Morgan fingerprint density at radius 1 is 1.13 bits per heavy atom. The molecular formula is C18H21FN2O2. The van der Waals surface area contributed by atoms with Crippen LogP contribution < -0.4 is 10.1 Å². The first-order valence-electron chi connectivity index (χ1n) is 7.42. The van der Waals surface area contributed by atoms with Crippen molar-refractivity contribution in [3.05, 3.63) is 66.0 Å². The van der Waals surface area contributed by atoms with Crippen molar-refractivity contribution < 1.29 is 13.9 Å². The Morgan fingerprint density at radius 3 is 2.39 bits per heavy atom. The van der Waals surface area contributed by atoms with Gasteiger partial charge in [0, 0.05) is 6.54 Å². The molecular weight excluding hydrogens is 295 g/mol. The number of hydrogen-bond acceptors (Lipinski definition) is 3. The summed E-state index contributed by atoms with van der Waals surface area (Å²) in [6.45, 7) is 0.392. The Kier molecular flexibility index (Phi) is 6.11. The van der Waals surface area contributed by atoms with Crippen LogP contribution in [0.25, 0.3) is 0 Å². The molecule has 0 aromatic heterocycles. The second-order valence-electron chi connectivity index (χ2n) is 5.44. The molecule has 0 spiro atoms. The summed E-state index contributed by atoms with van der Waals surface area (Å²) in [6, 6.07) is 15.5. The molecule has 1 amide bonds. The Labute approximate surface area is 135 Å². The van der Waals surface area contributed by atoms with Crippen LogP contribution in [0.1, 0.15) is 11.6 Å². The highest BCUT2D eigenvalue weighted by atomic mass is 19.1. The molecule has 0 aliphatic heterocycles. The van der Waals surface area contributed by atoms with Crippen LogP contribution in [-0.4, -0.2) is 38.1 Å². The number of rotatable bonds is 7. The van der Waals surface area contributed by atoms with Crippen molar-refractivity contribution in [2.24, 2.45) is 0 Å². The summed E-state index contributed by atoms with van der Waals surface area (Å²) < 4.78 is 18.4. The molecule has 2 aromatic carbocycles. The maximum absolute atomic E-state index is 13.0. The molecule has 2 aromatic rings. The molecule has 0 radical (unpaired) electrons. The zero-order valence-electron chi connectivity index (χ0n) is 13.3. The Morgan fingerprint density at radius 2 is 1.78 bits per heavy atom. The molecule has 0 saturated carbocycles. The van der Waals surface area contributed by atoms with Crippen molar-refractivity contribution in [1.29, 1.82) is 0 Å². The van der Waals surface area contributed by atoms with E-state index in [-0.39, 0.29) is 24.4 Å². The van der Waals surface area contributed by atoms with Gasteiger partial charge in [0.2, 0.25) is 0 Å². The number of hydrogen-bond donors (Lipinski definition) is 1. The van der Waals surface area contributed by atoms with E-state index >= 15 is 0 Å². The standard InChI is InChI=1S/C18H21FN2O2/c1-21(2)17(14-8-10-15(19)11-9-14)12-20-18(22)13-23-16-6-4-3-5-7-16/h3-11,17H,12-13H2,1-2H3,(H,20,22)/t17-/m1/s1. The lowest BCUT2D eigenvalue weighted by molar-refractivity contribution is -0.123. The first kappa shape index (κ1) is 17.0. The highest BCUT2D eigenvalue weighted by molar-refractivity contribution is 5.77. The van der Waals surface area contributed by atoms with Crippen molar-refractivity contribution in [3.8, 4) is 5.75 Å². The van der Waals surface area contributed by atoms with Gasteiger partial charge < -0.3 is 15.0 Å². The highest BCUT2D eigenvalue weighted by Crippen LogP contribution is 2.17. The Balaban J connectivity index is 1.86. The quantitative estimate of drug-likeness (QED) is 0.854. The molecule has 0 bridgehead atoms. The van der Waals surface area contributed by atoms with Gasteiger partial charge >= 0.3 is 0 Å². The monoisotopic (exact) mass is 316 g/mol. The number of benzene rings is 2. The van der Waals surface area contributed by atoms with Crippen LogP contribution in [-0.2, 0) is 4.79 Å². The summed E-state index contributed by atoms with van der Waals surface area (Å²) in [5, 5.41) is 2.85. The predicted octanol–water partition coefficient (Wildman–Crippen LogP) is 2.62. The van der Waals surface area contributed by atoms with Crippen LogP contribution in [0.4, 0.5) is 4.39 Å². The zero-order chi connectivity index (χ0) is 16.7. The molecule has 0 saturated heterocycles. The van der Waals surface area contributed by atoms with E-state index in [0.29, 0.717) is 12.3 Å². The first-order chi connectivity index (χ1) is 11.1. The lowest BCUT2D eigenvalue weighted by Gasteiger charge is -2.25. The molecule has 122 valence electrons. The molecule has 0 unspecified atom stereocenters. The Hall–Kier alpha value is -2.40. The molecule has 0 aliphatic rings. The van der Waals surface area contributed by atoms with E-state index in [2.05, 4.69) is 5.32 Å². The van der Waals surface area contributed by atoms with E-state index in [0.717, 1.165) is 5.56 Å². The summed E-state index contributed by atoms with van der Waals surface area (Å²) in [5.41, 5.74) is 0.945. The molecule has 2 rings (SSSR count). The number of amides is 1. The van der Waals surface area contributed by atoms with Crippen LogP contribution in [0.3, 0.4) is 0 Å². The fourth-order valence-corrected chi connectivity index (χ4v) is 2.21. The third kappa shape index (κ3) is 5.38. The smallest absolute Gasteiger partial charge is 0.258 e. The maximum atomic E-state index is 13.0. The molecule has 1 N–H and O–H groups in total. The fraction of sp³-hybridized carbons (Fsp3) is 0.278. The van der Waals surface area contributed by atoms with Gasteiger partial charge in [-0.25, -0.2) is 4.39 Å². The predicted molar refractivity (Wildman–Crippen MR) is 87.8 cm³/mol. The van der Waals surface area contributed by atoms with Crippen LogP contribution in [0.2, 0.25) is 0 Å². The molecule has 1 atom stereocenters. The number of carbonyl (C=O) groups excluding carboxylic acids is 1. The second-order valence-corrected chi connectivity index (χ2v) is 5.44. The fourth-order valence-electron chi connectivity index (χ4n) is 2.21. The molecule has 23 heavy (non-hydrogen) atoms. The van der Waals surface area contributed by atoms with Gasteiger partial charge in [-0.1, -0.05) is 30.3 Å². The van der Waals surface area contributed by atoms with Gasteiger partial charge in [0.1, 0.15) is 11.6 Å². The lowest BCUT2D eigenvalue weighted by atomic mass is 10.1. The second kappa shape index (κ2) is 8.29. The molecule has 4 nitrogen and oxygen atoms in total. The number of nitrogens with one attached hydrogen (secondary N) is 1. The molecule has 0 heterocycles. The minimum absolute atomic E-state index is 0.0312. The van der Waals surface area contributed by atoms with Gasteiger partial charge in [0.05, 0.1) is 6.04 Å². The summed E-state index contributed by atoms with van der Waals surface area (Å²) >= 11 is 0. The topological polar surface area (TPSA) is 41.6 Å². The normalized spacial score (nSPS) is 12.0. The van der Waals surface area contributed by atoms with E-state index in [9.17, 15) is 9.18 Å². The van der Waals surface area contributed by atoms with Gasteiger partial charge in [-0.15, -0.1) is 0 Å². The largest absolute Gasteiger partial charge is 0.484 e. The van der Waals surface area contributed by atoms with Gasteiger partial charge in [-0.05, 0) is 43.9 Å². The summed E-state index contributed by atoms with van der Waals surface area (Å²) in [4.78, 5) is 13.9.